The zero-order valence-electron chi connectivity index (χ0n) is 48.2. The van der Waals surface area contributed by atoms with Crippen molar-refractivity contribution in [3.63, 3.8) is 0 Å². The molecule has 0 amide bonds. The minimum atomic E-state index is -2.78. The minimum Gasteiger partial charge on any atom is -1.00 e. The molecule has 0 aromatic carbocycles. The number of ether oxygens (including phenoxy) is 6. The lowest BCUT2D eigenvalue weighted by atomic mass is 9.70. The Morgan fingerprint density at radius 2 is 0.910 bits per heavy atom. The summed E-state index contributed by atoms with van der Waals surface area (Å²) in [5.74, 6) is -4.43. The first-order valence-electron chi connectivity index (χ1n) is 31.1. The fourth-order valence-corrected chi connectivity index (χ4v) is 12.3. The number of esters is 1. The third-order valence-corrected chi connectivity index (χ3v) is 17.3. The molecule has 4 saturated heterocycles. The van der Waals surface area contributed by atoms with Gasteiger partial charge in [0.2, 0.25) is 0 Å². The Morgan fingerprint density at radius 1 is 0.538 bits per heavy atom. The summed E-state index contributed by atoms with van der Waals surface area (Å²) in [6.45, 7) is 4.07. The summed E-state index contributed by atoms with van der Waals surface area (Å²) in [7, 11) is 0. The number of aliphatic hydroxyl groups excluding tert-OH is 7. The first-order valence-corrected chi connectivity index (χ1v) is 31.1. The number of hydrogen-bond acceptors (Lipinski definition) is 18. The van der Waals surface area contributed by atoms with Crippen LogP contribution in [0.25, 0.3) is 0 Å². The van der Waals surface area contributed by atoms with Gasteiger partial charge in [0.15, 0.2) is 24.5 Å². The molecule has 462 valence electrons. The Labute approximate surface area is 475 Å². The monoisotopic (exact) mass is 1140 g/mol. The Hall–Kier alpha value is -0.920. The van der Waals surface area contributed by atoms with Crippen LogP contribution >= 0.6 is 0 Å². The van der Waals surface area contributed by atoms with Gasteiger partial charge in [-0.1, -0.05) is 194 Å². The average Bonchev–Trinajstić information content (AvgIpc) is 3.42. The second-order valence-electron chi connectivity index (χ2n) is 23.5. The second kappa shape index (κ2) is 39.6. The number of carbonyl (C=O) groups excluding carboxylic acids is 1. The first kappa shape index (κ1) is 71.3. The lowest BCUT2D eigenvalue weighted by molar-refractivity contribution is -0.905. The molecule has 4 rings (SSSR count). The standard InChI is InChI=1S/C58H112N4O15.ClH/c1-3-5-7-9-11-13-15-17-19-21-23-25-27-29-31-33-35-62(36-34-32-30-28-26-24-22-20-18-16-14-12-10-8-6-4-2)38-42-37-45(66)76-58(71)53(69)48(61)56(77-57(42,58)41-65)75-52-44(40-64)73-55(47(60)50(52)68)74-51-43(39-63)72-54(70)46(59)49(51)67;/h42-44,46-56,63-65,67-71H,3-41,59-61H2,1-2H3;1H/t42?,43-,44-,46-,47-,48-,49-,50-,51?,52?,53-,54-,55+,56+,57+,58+;/m1./s1. The topological polar surface area (TPSA) is 317 Å². The molecular formula is C58H113ClN4O15. The number of nitrogens with two attached hydrogens (primary N) is 3. The van der Waals surface area contributed by atoms with Crippen LogP contribution in [0.4, 0.5) is 0 Å². The van der Waals surface area contributed by atoms with Gasteiger partial charge in [-0.15, -0.1) is 0 Å². The van der Waals surface area contributed by atoms with E-state index in [4.69, 9.17) is 45.6 Å². The highest BCUT2D eigenvalue weighted by molar-refractivity contribution is 5.72. The number of rotatable bonds is 43. The van der Waals surface area contributed by atoms with E-state index in [9.17, 15) is 45.6 Å². The fourth-order valence-electron chi connectivity index (χ4n) is 12.3. The molecule has 0 bridgehead atoms. The van der Waals surface area contributed by atoms with Gasteiger partial charge in [-0.3, -0.25) is 4.79 Å². The van der Waals surface area contributed by atoms with Gasteiger partial charge in [0.05, 0.1) is 69.9 Å². The highest BCUT2D eigenvalue weighted by Crippen LogP contribution is 2.48. The predicted molar refractivity (Wildman–Crippen MR) is 294 cm³/mol. The first-order chi connectivity index (χ1) is 37.2. The van der Waals surface area contributed by atoms with E-state index in [0.717, 1.165) is 51.6 Å². The van der Waals surface area contributed by atoms with E-state index in [1.165, 1.54) is 172 Å². The van der Waals surface area contributed by atoms with Crippen LogP contribution in [0.1, 0.15) is 226 Å². The molecule has 16 atom stereocenters. The Kier molecular flexibility index (Phi) is 36.2. The van der Waals surface area contributed by atoms with Crippen LogP contribution in [0.15, 0.2) is 0 Å². The molecule has 4 aliphatic rings. The van der Waals surface area contributed by atoms with Gasteiger partial charge >= 0.3 is 5.97 Å². The number of unbranched alkanes of at least 4 members (excludes halogenated alkanes) is 30. The van der Waals surface area contributed by atoms with Crippen molar-refractivity contribution in [2.75, 3.05) is 39.5 Å². The lowest BCUT2D eigenvalue weighted by Gasteiger charge is -2.59. The van der Waals surface area contributed by atoms with Crippen molar-refractivity contribution in [2.24, 2.45) is 23.1 Å². The molecule has 0 saturated carbocycles. The summed E-state index contributed by atoms with van der Waals surface area (Å²) in [6, 6.07) is -4.37. The SMILES string of the molecule is CCCCCCCCCCCCCCCCCC[NH+](CCCCCCCCCCCCCCCCCC)CC1CC(=O)O[C@@]2(O)[C@H](O)[C@@H](N)[C@@H](OC3[C@@H](CO)O[C@@H](OC4[C@@H](CO)O[C@@H](O)[C@H](N)[C@H]4O)[C@H](N)[C@H]3O)O[C@@]12CO.[Cl-]. The molecule has 0 aromatic heterocycles. The number of fused-ring (bicyclic) bond motifs is 1. The van der Waals surface area contributed by atoms with Crippen LogP contribution in [0.5, 0.6) is 0 Å². The van der Waals surface area contributed by atoms with Gasteiger partial charge in [-0.25, -0.2) is 0 Å². The normalized spacial score (nSPS) is 33.2. The van der Waals surface area contributed by atoms with Crippen molar-refractivity contribution in [3.05, 3.63) is 0 Å². The van der Waals surface area contributed by atoms with E-state index in [0.29, 0.717) is 6.54 Å². The van der Waals surface area contributed by atoms with E-state index in [1.54, 1.807) is 0 Å². The lowest BCUT2D eigenvalue weighted by Crippen LogP contribution is -3.13. The van der Waals surface area contributed by atoms with Crippen LogP contribution in [0.2, 0.25) is 0 Å². The van der Waals surface area contributed by atoms with Gasteiger partial charge in [-0.05, 0) is 25.7 Å². The van der Waals surface area contributed by atoms with E-state index in [2.05, 4.69) is 13.8 Å². The maximum absolute atomic E-state index is 13.4. The van der Waals surface area contributed by atoms with Crippen LogP contribution < -0.4 is 34.5 Å². The van der Waals surface area contributed by atoms with Crippen molar-refractivity contribution in [1.29, 1.82) is 0 Å². The average molecular weight is 1140 g/mol. The highest BCUT2D eigenvalue weighted by atomic mass is 35.5. The van der Waals surface area contributed by atoms with Crippen molar-refractivity contribution in [2.45, 2.75) is 317 Å². The van der Waals surface area contributed by atoms with Crippen molar-refractivity contribution >= 4 is 5.97 Å². The van der Waals surface area contributed by atoms with Crippen LogP contribution in [-0.4, -0.2) is 177 Å². The number of halogens is 1. The molecule has 0 aromatic rings. The molecule has 3 unspecified atom stereocenters. The Morgan fingerprint density at radius 3 is 1.31 bits per heavy atom. The summed E-state index contributed by atoms with van der Waals surface area (Å²) in [4.78, 5) is 14.6. The molecular weight excluding hydrogens is 1030 g/mol. The molecule has 78 heavy (non-hydrogen) atoms. The molecule has 0 spiro atoms. The molecule has 15 N–H and O–H groups in total. The van der Waals surface area contributed by atoms with Gasteiger partial charge < -0.3 is 104 Å². The molecule has 0 radical (unpaired) electrons. The molecule has 4 heterocycles. The fraction of sp³-hybridized carbons (Fsp3) is 0.983. The predicted octanol–water partition coefficient (Wildman–Crippen LogP) is 0.999. The molecule has 19 nitrogen and oxygen atoms in total. The van der Waals surface area contributed by atoms with Gasteiger partial charge in [0.25, 0.3) is 5.79 Å². The smallest absolute Gasteiger partial charge is 0.309 e. The van der Waals surface area contributed by atoms with E-state index in [-0.39, 0.29) is 18.8 Å². The van der Waals surface area contributed by atoms with Gasteiger partial charge in [0.1, 0.15) is 42.7 Å². The van der Waals surface area contributed by atoms with E-state index >= 15 is 0 Å². The van der Waals surface area contributed by atoms with E-state index in [1.807, 2.05) is 0 Å². The third kappa shape index (κ3) is 21.9. The Balaban J connectivity index is 0.0000160. The van der Waals surface area contributed by atoms with Crippen molar-refractivity contribution in [3.8, 4) is 0 Å². The second-order valence-corrected chi connectivity index (χ2v) is 23.5. The van der Waals surface area contributed by atoms with Crippen LogP contribution in [0.3, 0.4) is 0 Å². The summed E-state index contributed by atoms with van der Waals surface area (Å²) < 4.78 is 35.4. The highest BCUT2D eigenvalue weighted by Gasteiger charge is 2.72. The summed E-state index contributed by atoms with van der Waals surface area (Å²) in [5.41, 5.74) is 16.7. The number of hydrogen-bond donors (Lipinski definition) is 12. The number of quaternary nitrogens is 1. The molecule has 4 aliphatic heterocycles. The zero-order chi connectivity index (χ0) is 56.1. The Bertz CT molecular complexity index is 1500. The summed E-state index contributed by atoms with van der Waals surface area (Å²) in [5, 5.41) is 88.4. The maximum atomic E-state index is 13.4. The van der Waals surface area contributed by atoms with Crippen molar-refractivity contribution in [1.82, 2.24) is 0 Å². The van der Waals surface area contributed by atoms with Crippen LogP contribution in [0, 0.1) is 5.92 Å². The number of carbonyl (C=O) groups is 1. The van der Waals surface area contributed by atoms with E-state index < -0.39 is 123 Å². The summed E-state index contributed by atoms with van der Waals surface area (Å²) in [6.07, 6.45) is 24.6. The zero-order valence-corrected chi connectivity index (χ0v) is 49.0. The van der Waals surface area contributed by atoms with Crippen molar-refractivity contribution < 1.29 is 91.4 Å². The molecule has 4 fully saturated rings. The summed E-state index contributed by atoms with van der Waals surface area (Å²) >= 11 is 0. The number of aliphatic hydroxyl groups is 8. The number of nitrogens with one attached hydrogen (secondary N) is 1. The maximum Gasteiger partial charge on any atom is 0.309 e. The van der Waals surface area contributed by atoms with Gasteiger partial charge in [-0.2, -0.15) is 0 Å². The van der Waals surface area contributed by atoms with Crippen LogP contribution in [-0.2, 0) is 33.2 Å². The minimum absolute atomic E-state index is 0. The van der Waals surface area contributed by atoms with Gasteiger partial charge in [0, 0.05) is 0 Å². The molecule has 20 heteroatoms. The quantitative estimate of drug-likeness (QED) is 0.0299. The third-order valence-electron chi connectivity index (χ3n) is 17.3. The largest absolute Gasteiger partial charge is 1.00 e. The molecule has 0 aliphatic carbocycles.